The normalized spacial score (nSPS) is 13.0. The fourth-order valence-corrected chi connectivity index (χ4v) is 3.04. The summed E-state index contributed by atoms with van der Waals surface area (Å²) in [4.78, 5) is 0. The zero-order valence-corrected chi connectivity index (χ0v) is 10.8. The van der Waals surface area contributed by atoms with Gasteiger partial charge in [-0.2, -0.15) is 5.10 Å². The fraction of sp³-hybridized carbons (Fsp3) is 0.222. The molecule has 0 aliphatic carbocycles. The van der Waals surface area contributed by atoms with Crippen LogP contribution in [0.15, 0.2) is 18.5 Å². The van der Waals surface area contributed by atoms with Gasteiger partial charge in [-0.15, -0.1) is 11.3 Å². The molecule has 0 aliphatic rings. The van der Waals surface area contributed by atoms with Crippen molar-refractivity contribution in [1.82, 2.24) is 15.2 Å². The highest BCUT2D eigenvalue weighted by Gasteiger charge is 2.19. The second-order valence-corrected chi connectivity index (χ2v) is 5.61. The Hall–Kier alpha value is -0.590. The molecule has 0 saturated heterocycles. The molecule has 7 heteroatoms. The van der Waals surface area contributed by atoms with Crippen molar-refractivity contribution < 1.29 is 0 Å². The predicted molar refractivity (Wildman–Crippen MR) is 66.7 cm³/mol. The lowest BCUT2D eigenvalue weighted by Gasteiger charge is -2.12. The molecule has 2 heterocycles. The lowest BCUT2D eigenvalue weighted by Crippen LogP contribution is -2.28. The quantitative estimate of drug-likeness (QED) is 0.668. The molecular formula is C9H10Cl2N4S. The van der Waals surface area contributed by atoms with Gasteiger partial charge in [0.25, 0.3) is 0 Å². The Kier molecular flexibility index (Phi) is 3.51. The van der Waals surface area contributed by atoms with Crippen LogP contribution in [0.2, 0.25) is 8.67 Å². The van der Waals surface area contributed by atoms with E-state index in [9.17, 15) is 0 Å². The predicted octanol–water partition coefficient (Wildman–Crippen LogP) is 2.34. The van der Waals surface area contributed by atoms with E-state index in [-0.39, 0.29) is 6.04 Å². The highest BCUT2D eigenvalue weighted by Crippen LogP contribution is 2.36. The molecule has 2 aromatic heterocycles. The molecule has 3 N–H and O–H groups in total. The average molecular weight is 277 g/mol. The van der Waals surface area contributed by atoms with Crippen molar-refractivity contribution in [2.45, 2.75) is 6.04 Å². The van der Waals surface area contributed by atoms with Crippen LogP contribution in [-0.2, 0) is 7.05 Å². The van der Waals surface area contributed by atoms with E-state index in [0.717, 1.165) is 11.1 Å². The van der Waals surface area contributed by atoms with Crippen LogP contribution >= 0.6 is 34.5 Å². The van der Waals surface area contributed by atoms with E-state index in [1.807, 2.05) is 19.3 Å². The monoisotopic (exact) mass is 276 g/mol. The molecule has 0 amide bonds. The molecule has 0 aliphatic heterocycles. The summed E-state index contributed by atoms with van der Waals surface area (Å²) in [7, 11) is 1.85. The molecule has 86 valence electrons. The number of rotatable bonds is 3. The molecule has 0 bridgehead atoms. The first-order chi connectivity index (χ1) is 7.61. The number of hydrogen-bond donors (Lipinski definition) is 2. The fourth-order valence-electron chi connectivity index (χ4n) is 1.50. The first-order valence-corrected chi connectivity index (χ1v) is 6.08. The number of halogens is 2. The van der Waals surface area contributed by atoms with Crippen LogP contribution in [0.4, 0.5) is 0 Å². The molecule has 1 unspecified atom stereocenters. The minimum Gasteiger partial charge on any atom is -0.275 e. The lowest BCUT2D eigenvalue weighted by atomic mass is 10.1. The number of nitrogens with one attached hydrogen (secondary N) is 1. The van der Waals surface area contributed by atoms with Gasteiger partial charge < -0.3 is 0 Å². The van der Waals surface area contributed by atoms with Gasteiger partial charge in [-0.25, -0.2) is 5.43 Å². The van der Waals surface area contributed by atoms with Crippen molar-refractivity contribution in [2.24, 2.45) is 12.9 Å². The Morgan fingerprint density at radius 3 is 2.75 bits per heavy atom. The Bertz CT molecular complexity index is 493. The smallest absolute Gasteiger partial charge is 0.0995 e. The number of nitrogens with zero attached hydrogens (tertiary/aromatic N) is 2. The van der Waals surface area contributed by atoms with E-state index in [1.54, 1.807) is 10.9 Å². The van der Waals surface area contributed by atoms with E-state index in [1.165, 1.54) is 11.3 Å². The molecule has 4 nitrogen and oxygen atoms in total. The second kappa shape index (κ2) is 4.73. The van der Waals surface area contributed by atoms with Crippen molar-refractivity contribution in [2.75, 3.05) is 0 Å². The molecule has 2 rings (SSSR count). The molecule has 0 saturated carbocycles. The highest BCUT2D eigenvalue weighted by atomic mass is 35.5. The largest absolute Gasteiger partial charge is 0.275 e. The molecule has 0 fully saturated rings. The zero-order valence-electron chi connectivity index (χ0n) is 8.45. The van der Waals surface area contributed by atoms with Gasteiger partial charge >= 0.3 is 0 Å². The Labute approximate surface area is 107 Å². The van der Waals surface area contributed by atoms with Crippen LogP contribution in [0, 0.1) is 0 Å². The Morgan fingerprint density at radius 1 is 1.56 bits per heavy atom. The maximum Gasteiger partial charge on any atom is 0.0995 e. The summed E-state index contributed by atoms with van der Waals surface area (Å²) in [6, 6.07) is 1.62. The third-order valence-corrected chi connectivity index (χ3v) is 3.74. The van der Waals surface area contributed by atoms with Crippen LogP contribution in [-0.4, -0.2) is 9.78 Å². The summed E-state index contributed by atoms with van der Waals surface area (Å²) in [5.41, 5.74) is 4.53. The van der Waals surface area contributed by atoms with E-state index in [2.05, 4.69) is 10.5 Å². The summed E-state index contributed by atoms with van der Waals surface area (Å²) >= 11 is 13.3. The van der Waals surface area contributed by atoms with Gasteiger partial charge in [0.05, 0.1) is 20.9 Å². The van der Waals surface area contributed by atoms with E-state index < -0.39 is 0 Å². The van der Waals surface area contributed by atoms with Crippen LogP contribution < -0.4 is 11.3 Å². The molecule has 0 spiro atoms. The van der Waals surface area contributed by atoms with Crippen LogP contribution in [0.3, 0.4) is 0 Å². The van der Waals surface area contributed by atoms with Crippen LogP contribution in [0.1, 0.15) is 17.2 Å². The summed E-state index contributed by atoms with van der Waals surface area (Å²) in [5, 5.41) is 4.10. The number of aromatic nitrogens is 2. The van der Waals surface area contributed by atoms with Gasteiger partial charge in [0, 0.05) is 24.4 Å². The number of nitrogens with two attached hydrogens (primary N) is 1. The van der Waals surface area contributed by atoms with Gasteiger partial charge in [-0.1, -0.05) is 23.2 Å². The number of thiophene rings is 1. The maximum atomic E-state index is 6.09. The average Bonchev–Trinajstić information content (AvgIpc) is 2.76. The van der Waals surface area contributed by atoms with Crippen molar-refractivity contribution in [1.29, 1.82) is 0 Å². The summed E-state index contributed by atoms with van der Waals surface area (Å²) in [6.07, 6.45) is 3.62. The minimum atomic E-state index is -0.190. The number of hydrazine groups is 1. The van der Waals surface area contributed by atoms with E-state index >= 15 is 0 Å². The Morgan fingerprint density at radius 2 is 2.31 bits per heavy atom. The molecule has 0 radical (unpaired) electrons. The maximum absolute atomic E-state index is 6.09. The lowest BCUT2D eigenvalue weighted by molar-refractivity contribution is 0.638. The first kappa shape index (κ1) is 11.9. The van der Waals surface area contributed by atoms with Crippen molar-refractivity contribution in [3.05, 3.63) is 38.3 Å². The standard InChI is InChI=1S/C9H10Cl2N4S/c1-15-4-5(3-13-15)8(14-12)6-2-7(10)16-9(6)11/h2-4,8,14H,12H2,1H3. The van der Waals surface area contributed by atoms with E-state index in [4.69, 9.17) is 29.0 Å². The van der Waals surface area contributed by atoms with Gasteiger partial charge in [-0.05, 0) is 6.07 Å². The van der Waals surface area contributed by atoms with Gasteiger partial charge in [-0.3, -0.25) is 10.5 Å². The molecule has 1 atom stereocenters. The number of aryl methyl sites for hydroxylation is 1. The van der Waals surface area contributed by atoms with Crippen molar-refractivity contribution in [3.63, 3.8) is 0 Å². The van der Waals surface area contributed by atoms with Crippen LogP contribution in [0.25, 0.3) is 0 Å². The molecule has 16 heavy (non-hydrogen) atoms. The topological polar surface area (TPSA) is 55.9 Å². The SMILES string of the molecule is Cn1cc(C(NN)c2cc(Cl)sc2Cl)cn1. The summed E-state index contributed by atoms with van der Waals surface area (Å²) in [6.45, 7) is 0. The van der Waals surface area contributed by atoms with Crippen LogP contribution in [0.5, 0.6) is 0 Å². The Balaban J connectivity index is 2.40. The second-order valence-electron chi connectivity index (χ2n) is 3.33. The van der Waals surface area contributed by atoms with Gasteiger partial charge in [0.1, 0.15) is 0 Å². The molecule has 0 aromatic carbocycles. The minimum absolute atomic E-state index is 0.190. The van der Waals surface area contributed by atoms with Crippen molar-refractivity contribution in [3.8, 4) is 0 Å². The van der Waals surface area contributed by atoms with Gasteiger partial charge in [0.2, 0.25) is 0 Å². The third kappa shape index (κ3) is 2.23. The van der Waals surface area contributed by atoms with Gasteiger partial charge in [0.15, 0.2) is 0 Å². The number of hydrogen-bond acceptors (Lipinski definition) is 4. The third-order valence-electron chi connectivity index (χ3n) is 2.22. The van der Waals surface area contributed by atoms with Crippen molar-refractivity contribution >= 4 is 34.5 Å². The highest BCUT2D eigenvalue weighted by molar-refractivity contribution is 7.20. The summed E-state index contributed by atoms with van der Waals surface area (Å²) in [5.74, 6) is 5.54. The first-order valence-electron chi connectivity index (χ1n) is 4.51. The molecule has 2 aromatic rings. The zero-order chi connectivity index (χ0) is 11.7. The van der Waals surface area contributed by atoms with E-state index in [0.29, 0.717) is 8.67 Å². The molecular weight excluding hydrogens is 267 g/mol. The summed E-state index contributed by atoms with van der Waals surface area (Å²) < 4.78 is 2.99.